The van der Waals surface area contributed by atoms with E-state index in [4.69, 9.17) is 0 Å². The Morgan fingerprint density at radius 2 is 2.11 bits per heavy atom. The summed E-state index contributed by atoms with van der Waals surface area (Å²) in [6.45, 7) is 7.90. The third-order valence-corrected chi connectivity index (χ3v) is 3.96. The summed E-state index contributed by atoms with van der Waals surface area (Å²) in [5.74, 6) is 0.424. The van der Waals surface area contributed by atoms with Crippen molar-refractivity contribution in [1.29, 1.82) is 0 Å². The molecular weight excluding hydrogens is 246 g/mol. The quantitative estimate of drug-likeness (QED) is 0.320. The van der Waals surface area contributed by atoms with Crippen LogP contribution in [0, 0.1) is 16.0 Å². The van der Waals surface area contributed by atoms with Crippen molar-refractivity contribution in [2.75, 3.05) is 0 Å². The standard InChI is InChI=1S/C14H17NO2S/c1-4-6-11(3)14(5-2)18-13-9-7-12(8-10-13)15(16)17/h4-5,7-11H,1,6H2,2-3H3/b14-5+/t11-/m0/s1. The molecule has 0 radical (unpaired) electrons. The van der Waals surface area contributed by atoms with Crippen molar-refractivity contribution in [3.05, 3.63) is 58.0 Å². The van der Waals surface area contributed by atoms with Crippen LogP contribution in [0.4, 0.5) is 5.69 Å². The number of thioether (sulfide) groups is 1. The number of nitro groups is 1. The first-order valence-corrected chi connectivity index (χ1v) is 6.59. The molecule has 0 heterocycles. The van der Waals surface area contributed by atoms with E-state index in [9.17, 15) is 10.1 Å². The number of nitrogens with zero attached hydrogens (tertiary/aromatic N) is 1. The Morgan fingerprint density at radius 3 is 2.56 bits per heavy atom. The van der Waals surface area contributed by atoms with Gasteiger partial charge in [0.1, 0.15) is 0 Å². The lowest BCUT2D eigenvalue weighted by Crippen LogP contribution is -1.94. The number of hydrogen-bond donors (Lipinski definition) is 0. The number of non-ortho nitro benzene ring substituents is 1. The maximum absolute atomic E-state index is 10.6. The van der Waals surface area contributed by atoms with Crippen molar-refractivity contribution in [3.63, 3.8) is 0 Å². The van der Waals surface area contributed by atoms with E-state index in [1.165, 1.54) is 17.0 Å². The molecule has 1 atom stereocenters. The molecule has 0 spiro atoms. The first kappa shape index (κ1) is 14.5. The van der Waals surface area contributed by atoms with Crippen LogP contribution in [0.25, 0.3) is 0 Å². The third-order valence-electron chi connectivity index (χ3n) is 2.57. The van der Waals surface area contributed by atoms with Gasteiger partial charge in [-0.1, -0.05) is 30.8 Å². The molecule has 0 unspecified atom stereocenters. The average molecular weight is 263 g/mol. The molecule has 0 saturated carbocycles. The summed E-state index contributed by atoms with van der Waals surface area (Å²) in [5.41, 5.74) is 0.125. The van der Waals surface area contributed by atoms with E-state index in [-0.39, 0.29) is 10.6 Å². The van der Waals surface area contributed by atoms with Gasteiger partial charge in [-0.15, -0.1) is 6.58 Å². The highest BCUT2D eigenvalue weighted by molar-refractivity contribution is 8.03. The van der Waals surface area contributed by atoms with Crippen molar-refractivity contribution in [3.8, 4) is 0 Å². The van der Waals surface area contributed by atoms with Crippen LogP contribution in [0.2, 0.25) is 0 Å². The van der Waals surface area contributed by atoms with E-state index in [1.54, 1.807) is 23.9 Å². The van der Waals surface area contributed by atoms with Crippen LogP contribution < -0.4 is 0 Å². The van der Waals surface area contributed by atoms with Crippen molar-refractivity contribution >= 4 is 17.4 Å². The van der Waals surface area contributed by atoms with Gasteiger partial charge in [-0.2, -0.15) is 0 Å². The van der Waals surface area contributed by atoms with Crippen molar-refractivity contribution in [2.45, 2.75) is 25.2 Å². The second kappa shape index (κ2) is 7.01. The lowest BCUT2D eigenvalue weighted by molar-refractivity contribution is -0.384. The monoisotopic (exact) mass is 263 g/mol. The molecule has 96 valence electrons. The van der Waals surface area contributed by atoms with Crippen LogP contribution in [-0.2, 0) is 0 Å². The zero-order valence-electron chi connectivity index (χ0n) is 10.6. The molecule has 0 bridgehead atoms. The van der Waals surface area contributed by atoms with Gasteiger partial charge in [0.05, 0.1) is 4.92 Å². The van der Waals surface area contributed by atoms with Gasteiger partial charge in [-0.3, -0.25) is 10.1 Å². The molecule has 0 saturated heterocycles. The van der Waals surface area contributed by atoms with E-state index in [0.717, 1.165) is 11.3 Å². The topological polar surface area (TPSA) is 43.1 Å². The lowest BCUT2D eigenvalue weighted by Gasteiger charge is -2.13. The van der Waals surface area contributed by atoms with Crippen LogP contribution in [0.15, 0.2) is 52.8 Å². The number of allylic oxidation sites excluding steroid dienone is 3. The Bertz CT molecular complexity index is 451. The van der Waals surface area contributed by atoms with Gasteiger partial charge in [0.25, 0.3) is 5.69 Å². The molecule has 1 rings (SSSR count). The van der Waals surface area contributed by atoms with Gasteiger partial charge in [-0.25, -0.2) is 0 Å². The van der Waals surface area contributed by atoms with E-state index in [0.29, 0.717) is 5.92 Å². The van der Waals surface area contributed by atoms with E-state index >= 15 is 0 Å². The Kier molecular flexibility index (Phi) is 5.65. The second-order valence-corrected chi connectivity index (χ2v) is 5.12. The molecule has 0 aliphatic carbocycles. The Hall–Kier alpha value is -1.55. The van der Waals surface area contributed by atoms with Crippen molar-refractivity contribution < 1.29 is 4.92 Å². The summed E-state index contributed by atoms with van der Waals surface area (Å²) < 4.78 is 0. The van der Waals surface area contributed by atoms with Gasteiger partial charge >= 0.3 is 0 Å². The summed E-state index contributed by atoms with van der Waals surface area (Å²) in [4.78, 5) is 12.4. The van der Waals surface area contributed by atoms with Crippen LogP contribution in [0.5, 0.6) is 0 Å². The number of hydrogen-bond acceptors (Lipinski definition) is 3. The zero-order valence-corrected chi connectivity index (χ0v) is 11.4. The highest BCUT2D eigenvalue weighted by atomic mass is 32.2. The second-order valence-electron chi connectivity index (χ2n) is 3.97. The minimum atomic E-state index is -0.384. The van der Waals surface area contributed by atoms with Crippen LogP contribution in [0.3, 0.4) is 0 Å². The first-order valence-electron chi connectivity index (χ1n) is 5.78. The van der Waals surface area contributed by atoms with Gasteiger partial charge in [0, 0.05) is 17.0 Å². The van der Waals surface area contributed by atoms with Crippen molar-refractivity contribution in [2.24, 2.45) is 5.92 Å². The van der Waals surface area contributed by atoms with E-state index in [1.807, 2.05) is 13.0 Å². The predicted molar refractivity (Wildman–Crippen MR) is 76.7 cm³/mol. The number of rotatable bonds is 6. The molecule has 0 aromatic heterocycles. The van der Waals surface area contributed by atoms with Crippen molar-refractivity contribution in [1.82, 2.24) is 0 Å². The third kappa shape index (κ3) is 4.04. The van der Waals surface area contributed by atoms with Crippen LogP contribution in [-0.4, -0.2) is 4.92 Å². The zero-order chi connectivity index (χ0) is 13.5. The predicted octanol–water partition coefficient (Wildman–Crippen LogP) is 4.80. The molecule has 1 aromatic carbocycles. The number of nitro benzene ring substituents is 1. The smallest absolute Gasteiger partial charge is 0.258 e. The molecule has 4 heteroatoms. The molecule has 18 heavy (non-hydrogen) atoms. The maximum Gasteiger partial charge on any atom is 0.269 e. The fraction of sp³-hybridized carbons (Fsp3) is 0.286. The summed E-state index contributed by atoms with van der Waals surface area (Å²) in [6, 6.07) is 6.64. The highest BCUT2D eigenvalue weighted by Crippen LogP contribution is 2.34. The molecule has 0 fully saturated rings. The van der Waals surface area contributed by atoms with E-state index in [2.05, 4.69) is 19.6 Å². The van der Waals surface area contributed by atoms with Gasteiger partial charge in [0.15, 0.2) is 0 Å². The molecule has 0 aliphatic heterocycles. The van der Waals surface area contributed by atoms with Crippen LogP contribution in [0.1, 0.15) is 20.3 Å². The summed E-state index contributed by atoms with van der Waals surface area (Å²) in [7, 11) is 0. The Balaban J connectivity index is 2.77. The number of benzene rings is 1. The average Bonchev–Trinajstić information content (AvgIpc) is 2.36. The minimum absolute atomic E-state index is 0.125. The normalized spacial score (nSPS) is 13.1. The molecule has 1 aromatic rings. The SMILES string of the molecule is C=CC[C@H](C)/C(=C\C)Sc1ccc([N+](=O)[O-])cc1. The maximum atomic E-state index is 10.6. The summed E-state index contributed by atoms with van der Waals surface area (Å²) >= 11 is 1.65. The first-order chi connectivity index (χ1) is 8.58. The minimum Gasteiger partial charge on any atom is -0.258 e. The van der Waals surface area contributed by atoms with Gasteiger partial charge in [0.2, 0.25) is 0 Å². The fourth-order valence-corrected chi connectivity index (χ4v) is 2.54. The Labute approximate surface area is 112 Å². The largest absolute Gasteiger partial charge is 0.269 e. The highest BCUT2D eigenvalue weighted by Gasteiger charge is 2.10. The lowest BCUT2D eigenvalue weighted by atomic mass is 10.1. The Morgan fingerprint density at radius 1 is 1.50 bits per heavy atom. The van der Waals surface area contributed by atoms with Gasteiger partial charge in [-0.05, 0) is 36.3 Å². The molecule has 0 N–H and O–H groups in total. The summed E-state index contributed by atoms with van der Waals surface area (Å²) in [5, 5.41) is 10.6. The van der Waals surface area contributed by atoms with E-state index < -0.39 is 0 Å². The molecular formula is C14H17NO2S. The fourth-order valence-electron chi connectivity index (χ4n) is 1.58. The molecule has 0 amide bonds. The van der Waals surface area contributed by atoms with Crippen LogP contribution >= 0.6 is 11.8 Å². The summed E-state index contributed by atoms with van der Waals surface area (Å²) in [6.07, 6.45) is 4.92. The van der Waals surface area contributed by atoms with Gasteiger partial charge < -0.3 is 0 Å². The molecule has 0 aliphatic rings. The molecule has 3 nitrogen and oxygen atoms in total.